The molecule has 1 aliphatic heterocycles. The highest BCUT2D eigenvalue weighted by Crippen LogP contribution is 2.27. The summed E-state index contributed by atoms with van der Waals surface area (Å²) >= 11 is 0. The molecule has 0 radical (unpaired) electrons. The fourth-order valence-corrected chi connectivity index (χ4v) is 2.09. The molecule has 1 fully saturated rings. The molecule has 5 nitrogen and oxygen atoms in total. The fraction of sp³-hybridized carbons (Fsp3) is 0.462. The predicted octanol–water partition coefficient (Wildman–Crippen LogP) is 1.04. The van der Waals surface area contributed by atoms with Gasteiger partial charge >= 0.3 is 5.97 Å². The topological polar surface area (TPSA) is 56.8 Å². The van der Waals surface area contributed by atoms with Gasteiger partial charge in [-0.1, -0.05) is 30.3 Å². The number of hydrogen-bond acceptors (Lipinski definition) is 5. The Kier molecular flexibility index (Phi) is 3.96. The van der Waals surface area contributed by atoms with Gasteiger partial charge in [0.2, 0.25) is 0 Å². The minimum atomic E-state index is -1.33. The summed E-state index contributed by atoms with van der Waals surface area (Å²) in [4.78, 5) is 16.9. The molecule has 2 rings (SSSR count). The molecule has 5 heteroatoms. The Bertz CT molecular complexity index is 409. The van der Waals surface area contributed by atoms with E-state index in [4.69, 9.17) is 14.3 Å². The minimum Gasteiger partial charge on any atom is -0.465 e. The third kappa shape index (κ3) is 2.53. The Morgan fingerprint density at radius 1 is 1.44 bits per heavy atom. The summed E-state index contributed by atoms with van der Waals surface area (Å²) in [5, 5.41) is 0. The van der Waals surface area contributed by atoms with Crippen LogP contribution in [0, 0.1) is 0 Å². The van der Waals surface area contributed by atoms with Crippen LogP contribution in [0.15, 0.2) is 30.3 Å². The zero-order chi connectivity index (χ0) is 13.0. The van der Waals surface area contributed by atoms with Crippen molar-refractivity contribution in [2.75, 3.05) is 14.2 Å². The molecule has 0 bridgehead atoms. The third-order valence-electron chi connectivity index (χ3n) is 3.06. The molecule has 1 aromatic carbocycles. The van der Waals surface area contributed by atoms with E-state index < -0.39 is 11.8 Å². The van der Waals surface area contributed by atoms with Gasteiger partial charge in [0.1, 0.15) is 0 Å². The molecule has 1 heterocycles. The second-order valence-corrected chi connectivity index (χ2v) is 4.26. The van der Waals surface area contributed by atoms with Crippen LogP contribution >= 0.6 is 0 Å². The van der Waals surface area contributed by atoms with Gasteiger partial charge in [0.05, 0.1) is 7.11 Å². The van der Waals surface area contributed by atoms with Gasteiger partial charge in [-0.3, -0.25) is 4.84 Å². The van der Waals surface area contributed by atoms with Gasteiger partial charge in [-0.15, -0.1) is 0 Å². The number of benzene rings is 1. The van der Waals surface area contributed by atoms with E-state index >= 15 is 0 Å². The van der Waals surface area contributed by atoms with Crippen LogP contribution in [-0.4, -0.2) is 32.0 Å². The highest BCUT2D eigenvalue weighted by atomic mass is 16.8. The van der Waals surface area contributed by atoms with E-state index in [0.29, 0.717) is 6.42 Å². The normalized spacial score (nSPS) is 27.1. The van der Waals surface area contributed by atoms with Crippen molar-refractivity contribution in [2.45, 2.75) is 24.7 Å². The van der Waals surface area contributed by atoms with Crippen LogP contribution in [0.3, 0.4) is 0 Å². The van der Waals surface area contributed by atoms with Crippen molar-refractivity contribution in [1.82, 2.24) is 5.48 Å². The van der Waals surface area contributed by atoms with Crippen molar-refractivity contribution in [1.29, 1.82) is 0 Å². The van der Waals surface area contributed by atoms with Gasteiger partial charge < -0.3 is 9.47 Å². The molecule has 98 valence electrons. The van der Waals surface area contributed by atoms with E-state index in [2.05, 4.69) is 5.48 Å². The Labute approximate surface area is 106 Å². The highest BCUT2D eigenvalue weighted by molar-refractivity contribution is 5.78. The lowest BCUT2D eigenvalue weighted by Crippen LogP contribution is -2.42. The van der Waals surface area contributed by atoms with Gasteiger partial charge in [-0.25, -0.2) is 4.79 Å². The predicted molar refractivity (Wildman–Crippen MR) is 64.5 cm³/mol. The maximum Gasteiger partial charge on any atom is 0.368 e. The summed E-state index contributed by atoms with van der Waals surface area (Å²) in [6, 6.07) is 10.0. The first-order chi connectivity index (χ1) is 8.70. The van der Waals surface area contributed by atoms with E-state index in [0.717, 1.165) is 6.42 Å². The van der Waals surface area contributed by atoms with Gasteiger partial charge in [0, 0.05) is 19.6 Å². The van der Waals surface area contributed by atoms with E-state index in [1.54, 1.807) is 0 Å². The number of esters is 1. The second kappa shape index (κ2) is 5.48. The Hall–Kier alpha value is -1.43. The number of methoxy groups -OCH3 is 2. The molecule has 18 heavy (non-hydrogen) atoms. The number of hydroxylamine groups is 1. The zero-order valence-corrected chi connectivity index (χ0v) is 10.5. The van der Waals surface area contributed by atoms with Gasteiger partial charge in [-0.05, 0) is 12.0 Å². The molecule has 1 aliphatic rings. The average molecular weight is 251 g/mol. The van der Waals surface area contributed by atoms with E-state index in [-0.39, 0.29) is 6.04 Å². The summed E-state index contributed by atoms with van der Waals surface area (Å²) < 4.78 is 9.86. The number of carbonyl (C=O) groups is 1. The average Bonchev–Trinajstić information content (AvgIpc) is 2.83. The number of hydrogen-bond donors (Lipinski definition) is 1. The first kappa shape index (κ1) is 13.0. The fourth-order valence-electron chi connectivity index (χ4n) is 2.09. The summed E-state index contributed by atoms with van der Waals surface area (Å²) in [6.45, 7) is 0. The molecule has 1 N–H and O–H groups in total. The van der Waals surface area contributed by atoms with Gasteiger partial charge in [-0.2, -0.15) is 5.48 Å². The number of rotatable bonds is 4. The standard InChI is InChI=1S/C13H17NO4/c1-16-12(15)13(17-2)9-11(14-18-13)8-10-6-4-3-5-7-10/h3-7,11,14H,8-9H2,1-2H3/t11-,13+/m0/s1. The maximum atomic E-state index is 11.7. The molecule has 1 aromatic rings. The lowest BCUT2D eigenvalue weighted by atomic mass is 10.0. The Morgan fingerprint density at radius 3 is 2.78 bits per heavy atom. The van der Waals surface area contributed by atoms with Crippen molar-refractivity contribution < 1.29 is 19.1 Å². The van der Waals surface area contributed by atoms with Crippen molar-refractivity contribution in [3.05, 3.63) is 35.9 Å². The monoisotopic (exact) mass is 251 g/mol. The smallest absolute Gasteiger partial charge is 0.368 e. The lowest BCUT2D eigenvalue weighted by Gasteiger charge is -2.21. The number of ether oxygens (including phenoxy) is 2. The summed E-state index contributed by atoms with van der Waals surface area (Å²) in [7, 11) is 2.75. The summed E-state index contributed by atoms with van der Waals surface area (Å²) in [5.74, 6) is -1.85. The summed E-state index contributed by atoms with van der Waals surface area (Å²) in [5.41, 5.74) is 4.01. The molecule has 1 saturated heterocycles. The zero-order valence-electron chi connectivity index (χ0n) is 10.5. The third-order valence-corrected chi connectivity index (χ3v) is 3.06. The molecule has 0 aromatic heterocycles. The number of carbonyl (C=O) groups excluding carboxylic acids is 1. The SMILES string of the molecule is COC(=O)[C@@]1(OC)C[C@H](Cc2ccccc2)NO1. The van der Waals surface area contributed by atoms with E-state index in [1.807, 2.05) is 30.3 Å². The van der Waals surface area contributed by atoms with Crippen molar-refractivity contribution in [2.24, 2.45) is 0 Å². The first-order valence-corrected chi connectivity index (χ1v) is 5.81. The first-order valence-electron chi connectivity index (χ1n) is 5.81. The van der Waals surface area contributed by atoms with Crippen LogP contribution in [-0.2, 0) is 25.5 Å². The minimum absolute atomic E-state index is 0.0199. The molecule has 0 amide bonds. The van der Waals surface area contributed by atoms with Crippen molar-refractivity contribution in [3.63, 3.8) is 0 Å². The van der Waals surface area contributed by atoms with Crippen LogP contribution in [0.5, 0.6) is 0 Å². The van der Waals surface area contributed by atoms with Crippen LogP contribution in [0.2, 0.25) is 0 Å². The van der Waals surface area contributed by atoms with E-state index in [1.165, 1.54) is 19.8 Å². The Balaban J connectivity index is 2.01. The molecule has 0 spiro atoms. The summed E-state index contributed by atoms with van der Waals surface area (Å²) in [6.07, 6.45) is 1.19. The van der Waals surface area contributed by atoms with Crippen molar-refractivity contribution >= 4 is 5.97 Å². The molecular weight excluding hydrogens is 234 g/mol. The van der Waals surface area contributed by atoms with Crippen LogP contribution in [0.25, 0.3) is 0 Å². The highest BCUT2D eigenvalue weighted by Gasteiger charge is 2.49. The van der Waals surface area contributed by atoms with Crippen LogP contribution in [0.1, 0.15) is 12.0 Å². The maximum absolute atomic E-state index is 11.7. The molecule has 0 saturated carbocycles. The number of nitrogens with one attached hydrogen (secondary N) is 1. The van der Waals surface area contributed by atoms with Gasteiger partial charge in [0.25, 0.3) is 5.79 Å². The molecule has 0 unspecified atom stereocenters. The molecular formula is C13H17NO4. The molecule has 2 atom stereocenters. The van der Waals surface area contributed by atoms with Crippen molar-refractivity contribution in [3.8, 4) is 0 Å². The van der Waals surface area contributed by atoms with E-state index in [9.17, 15) is 4.79 Å². The Morgan fingerprint density at radius 2 is 2.17 bits per heavy atom. The molecule has 0 aliphatic carbocycles. The van der Waals surface area contributed by atoms with Crippen LogP contribution < -0.4 is 5.48 Å². The quantitative estimate of drug-likeness (QED) is 0.810. The lowest BCUT2D eigenvalue weighted by molar-refractivity contribution is -0.235. The second-order valence-electron chi connectivity index (χ2n) is 4.26. The largest absolute Gasteiger partial charge is 0.465 e. The van der Waals surface area contributed by atoms with Crippen LogP contribution in [0.4, 0.5) is 0 Å². The van der Waals surface area contributed by atoms with Gasteiger partial charge in [0.15, 0.2) is 0 Å².